The number of alkyl halides is 3. The number of likely N-dealkylation sites (N-methyl/N-ethyl adjacent to an activating group) is 1. The molecule has 0 unspecified atom stereocenters. The molecular weight excluding hydrogens is 406 g/mol. The number of nitrogens with zero attached hydrogens (tertiary/aromatic N) is 1. The van der Waals surface area contributed by atoms with Crippen molar-refractivity contribution in [3.63, 3.8) is 0 Å². The summed E-state index contributed by atoms with van der Waals surface area (Å²) in [5.41, 5.74) is -0.381. The van der Waals surface area contributed by atoms with Crippen LogP contribution in [0.5, 0.6) is 11.6 Å². The van der Waals surface area contributed by atoms with Crippen LogP contribution < -0.4 is 15.4 Å². The van der Waals surface area contributed by atoms with E-state index in [-0.39, 0.29) is 36.6 Å². The first kappa shape index (κ1) is 25.0. The summed E-state index contributed by atoms with van der Waals surface area (Å²) in [5, 5.41) is 5.85. The Labute approximate surface area is 167 Å². The zero-order valence-electron chi connectivity index (χ0n) is 14.4. The summed E-state index contributed by atoms with van der Waals surface area (Å²) in [4.78, 5) is 15.5. The zero-order valence-corrected chi connectivity index (χ0v) is 16.0. The van der Waals surface area contributed by atoms with Crippen molar-refractivity contribution in [1.29, 1.82) is 0 Å². The maximum Gasteiger partial charge on any atom is 0.417 e. The number of pyridine rings is 1. The fourth-order valence-corrected chi connectivity index (χ4v) is 1.95. The molecule has 2 rings (SSSR count). The molecule has 0 aliphatic heterocycles. The predicted molar refractivity (Wildman–Crippen MR) is 101 cm³/mol. The lowest BCUT2D eigenvalue weighted by atomic mass is 10.2. The molecule has 0 radical (unpaired) electrons. The molecule has 2 aromatic rings. The Hall–Kier alpha value is -2.03. The van der Waals surface area contributed by atoms with E-state index in [0.29, 0.717) is 30.6 Å². The van der Waals surface area contributed by atoms with Gasteiger partial charge in [0.05, 0.1) is 5.56 Å². The summed E-state index contributed by atoms with van der Waals surface area (Å²) in [6, 6.07) is 8.29. The highest BCUT2D eigenvalue weighted by atomic mass is 35.5. The molecule has 1 heterocycles. The number of nitrogens with one attached hydrogen (secondary N) is 2. The van der Waals surface area contributed by atoms with Crippen LogP contribution in [-0.4, -0.2) is 30.5 Å². The molecular formula is C17H20Cl2F3N3O2. The first-order valence-corrected chi connectivity index (χ1v) is 7.70. The minimum Gasteiger partial charge on any atom is -0.439 e. The lowest BCUT2D eigenvalue weighted by molar-refractivity contribution is -0.137. The van der Waals surface area contributed by atoms with Crippen LogP contribution in [0.4, 0.5) is 13.2 Å². The van der Waals surface area contributed by atoms with Gasteiger partial charge in [-0.2, -0.15) is 13.2 Å². The molecule has 10 heteroatoms. The third kappa shape index (κ3) is 8.03. The van der Waals surface area contributed by atoms with Gasteiger partial charge in [-0.05, 0) is 36.9 Å². The summed E-state index contributed by atoms with van der Waals surface area (Å²) in [5.74, 6) is 0.199. The van der Waals surface area contributed by atoms with E-state index >= 15 is 0 Å². The molecule has 1 aromatic heterocycles. The fraction of sp³-hybridized carbons (Fsp3) is 0.294. The second-order valence-corrected chi connectivity index (χ2v) is 5.12. The Kier molecular flexibility index (Phi) is 10.8. The lowest BCUT2D eigenvalue weighted by Crippen LogP contribution is -2.31. The van der Waals surface area contributed by atoms with Crippen molar-refractivity contribution in [2.75, 3.05) is 19.6 Å². The summed E-state index contributed by atoms with van der Waals surface area (Å²) < 4.78 is 42.8. The largest absolute Gasteiger partial charge is 0.439 e. The number of carbonyl (C=O) groups excluding carboxylic acids is 1. The maximum absolute atomic E-state index is 12.5. The van der Waals surface area contributed by atoms with Crippen LogP contribution >= 0.6 is 24.8 Å². The number of hydrogen-bond donors (Lipinski definition) is 2. The number of halogens is 5. The summed E-state index contributed by atoms with van der Waals surface area (Å²) in [6.45, 7) is 4.01. The quantitative estimate of drug-likeness (QED) is 0.656. The third-order valence-electron chi connectivity index (χ3n) is 3.24. The van der Waals surface area contributed by atoms with Crippen molar-refractivity contribution in [2.24, 2.45) is 0 Å². The Morgan fingerprint density at radius 2 is 1.74 bits per heavy atom. The van der Waals surface area contributed by atoms with Crippen LogP contribution in [0.25, 0.3) is 0 Å². The van der Waals surface area contributed by atoms with Crippen LogP contribution in [0, 0.1) is 0 Å². The number of aromatic nitrogens is 1. The normalized spacial score (nSPS) is 10.4. The maximum atomic E-state index is 12.5. The molecule has 1 amide bonds. The van der Waals surface area contributed by atoms with Crippen LogP contribution in [0.15, 0.2) is 42.6 Å². The summed E-state index contributed by atoms with van der Waals surface area (Å²) in [7, 11) is 0. The van der Waals surface area contributed by atoms with Crippen LogP contribution in [0.1, 0.15) is 22.8 Å². The van der Waals surface area contributed by atoms with Crippen molar-refractivity contribution in [1.82, 2.24) is 15.6 Å². The van der Waals surface area contributed by atoms with Crippen molar-refractivity contribution in [3.8, 4) is 11.6 Å². The molecule has 0 aliphatic rings. The third-order valence-corrected chi connectivity index (χ3v) is 3.24. The molecule has 0 fully saturated rings. The van der Waals surface area contributed by atoms with Gasteiger partial charge in [0, 0.05) is 30.9 Å². The van der Waals surface area contributed by atoms with Crippen molar-refractivity contribution in [3.05, 3.63) is 53.7 Å². The topological polar surface area (TPSA) is 63.2 Å². The first-order valence-electron chi connectivity index (χ1n) is 7.70. The van der Waals surface area contributed by atoms with E-state index < -0.39 is 11.7 Å². The highest BCUT2D eigenvalue weighted by molar-refractivity contribution is 5.94. The second-order valence-electron chi connectivity index (χ2n) is 5.12. The molecule has 27 heavy (non-hydrogen) atoms. The molecule has 150 valence electrons. The molecule has 0 bridgehead atoms. The molecule has 0 atom stereocenters. The van der Waals surface area contributed by atoms with Crippen LogP contribution in [-0.2, 0) is 6.18 Å². The van der Waals surface area contributed by atoms with Gasteiger partial charge in [-0.15, -0.1) is 24.8 Å². The Balaban J connectivity index is 0.00000338. The van der Waals surface area contributed by atoms with Crippen molar-refractivity contribution >= 4 is 30.7 Å². The number of amides is 1. The number of hydrogen-bond acceptors (Lipinski definition) is 4. The van der Waals surface area contributed by atoms with E-state index in [1.54, 1.807) is 24.3 Å². The van der Waals surface area contributed by atoms with Gasteiger partial charge in [0.15, 0.2) is 0 Å². The Morgan fingerprint density at radius 1 is 1.07 bits per heavy atom. The Bertz CT molecular complexity index is 696. The molecule has 0 saturated heterocycles. The van der Waals surface area contributed by atoms with E-state index in [1.807, 2.05) is 6.92 Å². The van der Waals surface area contributed by atoms with E-state index in [4.69, 9.17) is 4.74 Å². The van der Waals surface area contributed by atoms with E-state index in [1.165, 1.54) is 0 Å². The van der Waals surface area contributed by atoms with Crippen molar-refractivity contribution < 1.29 is 22.7 Å². The van der Waals surface area contributed by atoms with Crippen LogP contribution in [0.3, 0.4) is 0 Å². The highest BCUT2D eigenvalue weighted by Gasteiger charge is 2.30. The molecule has 2 N–H and O–H groups in total. The monoisotopic (exact) mass is 425 g/mol. The standard InChI is InChI=1S/C17H18F3N3O2.2ClH/c1-2-21-9-10-22-16(24)12-3-6-14(7-4-12)25-15-8-5-13(11-23-15)17(18,19)20;;/h3-8,11,21H,2,9-10H2,1H3,(H,22,24);2*1H. The number of ether oxygens (including phenoxy) is 1. The zero-order chi connectivity index (χ0) is 18.3. The smallest absolute Gasteiger partial charge is 0.417 e. The Morgan fingerprint density at radius 3 is 2.26 bits per heavy atom. The van der Waals surface area contributed by atoms with Gasteiger partial charge in [-0.25, -0.2) is 4.98 Å². The van der Waals surface area contributed by atoms with Gasteiger partial charge in [0.1, 0.15) is 5.75 Å². The van der Waals surface area contributed by atoms with Gasteiger partial charge in [0.25, 0.3) is 5.91 Å². The SMILES string of the molecule is CCNCCNC(=O)c1ccc(Oc2ccc(C(F)(F)F)cn2)cc1.Cl.Cl. The number of rotatable bonds is 7. The van der Waals surface area contributed by atoms with E-state index in [9.17, 15) is 18.0 Å². The number of carbonyl (C=O) groups is 1. The number of benzene rings is 1. The fourth-order valence-electron chi connectivity index (χ4n) is 1.95. The van der Waals surface area contributed by atoms with Crippen molar-refractivity contribution in [2.45, 2.75) is 13.1 Å². The highest BCUT2D eigenvalue weighted by Crippen LogP contribution is 2.30. The minimum absolute atomic E-state index is 0. The predicted octanol–water partition coefficient (Wildman–Crippen LogP) is 4.08. The molecule has 0 spiro atoms. The van der Waals surface area contributed by atoms with Gasteiger partial charge in [-0.3, -0.25) is 4.79 Å². The minimum atomic E-state index is -4.44. The van der Waals surface area contributed by atoms with Crippen LogP contribution in [0.2, 0.25) is 0 Å². The molecule has 5 nitrogen and oxygen atoms in total. The van der Waals surface area contributed by atoms with Gasteiger partial charge < -0.3 is 15.4 Å². The average molecular weight is 426 g/mol. The molecule has 0 saturated carbocycles. The van der Waals surface area contributed by atoms with Gasteiger partial charge >= 0.3 is 6.18 Å². The molecule has 0 aliphatic carbocycles. The lowest BCUT2D eigenvalue weighted by Gasteiger charge is -2.09. The second kappa shape index (κ2) is 11.6. The van der Waals surface area contributed by atoms with E-state index in [0.717, 1.165) is 18.7 Å². The molecule has 1 aromatic carbocycles. The summed E-state index contributed by atoms with van der Waals surface area (Å²) >= 11 is 0. The van der Waals surface area contributed by atoms with Gasteiger partial charge in [-0.1, -0.05) is 6.92 Å². The van der Waals surface area contributed by atoms with E-state index in [2.05, 4.69) is 15.6 Å². The first-order chi connectivity index (χ1) is 11.9. The van der Waals surface area contributed by atoms with Gasteiger partial charge in [0.2, 0.25) is 5.88 Å². The average Bonchev–Trinajstić information content (AvgIpc) is 2.59. The summed E-state index contributed by atoms with van der Waals surface area (Å²) in [6.07, 6.45) is -3.73.